The van der Waals surface area contributed by atoms with Crippen molar-refractivity contribution in [1.29, 1.82) is 0 Å². The molecule has 0 aliphatic carbocycles. The Labute approximate surface area is 214 Å². The van der Waals surface area contributed by atoms with Gasteiger partial charge in [0, 0.05) is 54.2 Å². The maximum atomic E-state index is 12.7. The number of halogens is 4. The van der Waals surface area contributed by atoms with E-state index in [4.69, 9.17) is 11.6 Å². The molecule has 1 fully saturated rings. The van der Waals surface area contributed by atoms with Crippen LogP contribution in [0.15, 0.2) is 55.5 Å². The summed E-state index contributed by atoms with van der Waals surface area (Å²) in [5, 5.41) is 5.06. The molecule has 4 rings (SSSR count). The van der Waals surface area contributed by atoms with Gasteiger partial charge in [0.25, 0.3) is 0 Å². The monoisotopic (exact) mass is 517 g/mol. The zero-order valence-electron chi connectivity index (χ0n) is 20.7. The lowest BCUT2D eigenvalue weighted by molar-refractivity contribution is -0.142. The molecule has 1 aliphatic rings. The fourth-order valence-corrected chi connectivity index (χ4v) is 4.92. The molecule has 36 heavy (non-hydrogen) atoms. The van der Waals surface area contributed by atoms with Gasteiger partial charge in [-0.3, -0.25) is 4.68 Å². The summed E-state index contributed by atoms with van der Waals surface area (Å²) >= 11 is 6.51. The zero-order chi connectivity index (χ0) is 26.0. The van der Waals surface area contributed by atoms with Crippen molar-refractivity contribution in [2.24, 2.45) is 0 Å². The van der Waals surface area contributed by atoms with Crippen LogP contribution in [-0.4, -0.2) is 56.4 Å². The van der Waals surface area contributed by atoms with Crippen LogP contribution in [0.5, 0.6) is 0 Å². The molecular weight excluding hydrogens is 487 g/mol. The third kappa shape index (κ3) is 5.86. The first-order chi connectivity index (χ1) is 17.1. The summed E-state index contributed by atoms with van der Waals surface area (Å²) in [5.74, 6) is 0. The molecule has 3 heterocycles. The van der Waals surface area contributed by atoms with Gasteiger partial charge in [-0.25, -0.2) is 4.98 Å². The highest BCUT2D eigenvalue weighted by Gasteiger charge is 2.29. The maximum Gasteiger partial charge on any atom is 0.408 e. The molecule has 1 unspecified atom stereocenters. The lowest BCUT2D eigenvalue weighted by Crippen LogP contribution is -2.50. The van der Waals surface area contributed by atoms with Crippen molar-refractivity contribution < 1.29 is 13.2 Å². The molecule has 3 aromatic rings. The molecule has 0 spiro atoms. The summed E-state index contributed by atoms with van der Waals surface area (Å²) in [5.41, 5.74) is 4.63. The number of rotatable bonds is 8. The summed E-state index contributed by atoms with van der Waals surface area (Å²) in [6.07, 6.45) is 1.68. The second-order valence-corrected chi connectivity index (χ2v) is 9.78. The molecule has 1 saturated heterocycles. The minimum Gasteiger partial charge on any atom is -0.369 e. The first-order valence-electron chi connectivity index (χ1n) is 12.1. The number of nitrogens with zero attached hydrogens (tertiary/aromatic N) is 5. The van der Waals surface area contributed by atoms with Crippen LogP contribution in [0, 0.1) is 0 Å². The molecular formula is C27H31ClF3N5. The van der Waals surface area contributed by atoms with Crippen molar-refractivity contribution >= 4 is 28.2 Å². The van der Waals surface area contributed by atoms with E-state index < -0.39 is 12.7 Å². The summed E-state index contributed by atoms with van der Waals surface area (Å²) in [6, 6.07) is 7.81. The number of piperazine rings is 1. The maximum absolute atomic E-state index is 12.7. The second kappa shape index (κ2) is 10.5. The molecule has 0 N–H and O–H groups in total. The Morgan fingerprint density at radius 1 is 1.19 bits per heavy atom. The third-order valence-corrected chi connectivity index (χ3v) is 6.91. The fourth-order valence-electron chi connectivity index (χ4n) is 4.66. The van der Waals surface area contributed by atoms with E-state index in [2.05, 4.69) is 46.9 Å². The summed E-state index contributed by atoms with van der Waals surface area (Å²) in [6.45, 7) is 14.5. The number of unbranched alkanes of at least 4 members (excludes halogenated alkanes) is 1. The van der Waals surface area contributed by atoms with Crippen LogP contribution in [0.2, 0.25) is 5.02 Å². The minimum absolute atomic E-state index is 0.327. The van der Waals surface area contributed by atoms with Crippen molar-refractivity contribution in [2.45, 2.75) is 51.9 Å². The Hall–Kier alpha value is -3.00. The van der Waals surface area contributed by atoms with Gasteiger partial charge < -0.3 is 9.80 Å². The van der Waals surface area contributed by atoms with Gasteiger partial charge in [0.15, 0.2) is 0 Å². The van der Waals surface area contributed by atoms with Crippen LogP contribution in [0.1, 0.15) is 38.7 Å². The first kappa shape index (κ1) is 26.1. The summed E-state index contributed by atoms with van der Waals surface area (Å²) in [4.78, 5) is 9.36. The van der Waals surface area contributed by atoms with E-state index in [9.17, 15) is 13.2 Å². The molecule has 0 bridgehead atoms. The number of hydrogen-bond donors (Lipinski definition) is 0. The zero-order valence-corrected chi connectivity index (χ0v) is 21.4. The van der Waals surface area contributed by atoms with E-state index in [1.807, 2.05) is 18.2 Å². The fraction of sp³-hybridized carbons (Fsp3) is 0.407. The number of alkyl halides is 3. The SMILES string of the molecule is C=C(c1ccc2c(Cl)cc(-c3cnn(CC(F)(F)F)c3)nc2c1)N1CCN(C(=C)CCCC)C(C)C1. The van der Waals surface area contributed by atoms with Crippen LogP contribution in [-0.2, 0) is 6.54 Å². The Bertz CT molecular complexity index is 1270. The standard InChI is InChI=1S/C27H31ClF3N5/c1-5-6-7-18(2)36-11-10-34(15-19(36)3)20(4)21-8-9-23-24(28)13-25(33-26(23)12-21)22-14-32-35(16-22)17-27(29,30)31/h8-9,12-14,16,19H,2,4-7,10-11,15,17H2,1,3H3. The Balaban J connectivity index is 1.54. The van der Waals surface area contributed by atoms with E-state index in [-0.39, 0.29) is 0 Å². The van der Waals surface area contributed by atoms with E-state index in [1.165, 1.54) is 18.1 Å². The van der Waals surface area contributed by atoms with Gasteiger partial charge in [-0.1, -0.05) is 50.2 Å². The predicted molar refractivity (Wildman–Crippen MR) is 139 cm³/mol. The van der Waals surface area contributed by atoms with Gasteiger partial charge in [0.05, 0.1) is 22.4 Å². The minimum atomic E-state index is -4.35. The molecule has 9 heteroatoms. The number of pyridine rings is 1. The van der Waals surface area contributed by atoms with Gasteiger partial charge in [-0.15, -0.1) is 0 Å². The molecule has 1 atom stereocenters. The Morgan fingerprint density at radius 3 is 2.67 bits per heavy atom. The molecule has 0 amide bonds. The normalized spacial score (nSPS) is 16.6. The number of hydrogen-bond acceptors (Lipinski definition) is 4. The highest BCUT2D eigenvalue weighted by atomic mass is 35.5. The van der Waals surface area contributed by atoms with E-state index in [0.717, 1.165) is 60.2 Å². The van der Waals surface area contributed by atoms with Crippen LogP contribution in [0.4, 0.5) is 13.2 Å². The van der Waals surface area contributed by atoms with Crippen molar-refractivity contribution in [1.82, 2.24) is 24.6 Å². The first-order valence-corrected chi connectivity index (χ1v) is 12.5. The topological polar surface area (TPSA) is 37.2 Å². The van der Waals surface area contributed by atoms with Crippen LogP contribution in [0.3, 0.4) is 0 Å². The van der Waals surface area contributed by atoms with Crippen LogP contribution >= 0.6 is 11.6 Å². The highest BCUT2D eigenvalue weighted by Crippen LogP contribution is 2.32. The molecule has 0 saturated carbocycles. The lowest BCUT2D eigenvalue weighted by Gasteiger charge is -2.43. The number of aromatic nitrogens is 3. The average Bonchev–Trinajstić information content (AvgIpc) is 3.28. The van der Waals surface area contributed by atoms with Crippen molar-refractivity contribution in [3.63, 3.8) is 0 Å². The predicted octanol–water partition coefficient (Wildman–Crippen LogP) is 6.99. The molecule has 5 nitrogen and oxygen atoms in total. The van der Waals surface area contributed by atoms with Gasteiger partial charge in [-0.05, 0) is 37.5 Å². The van der Waals surface area contributed by atoms with Gasteiger partial charge in [-0.2, -0.15) is 18.3 Å². The molecule has 2 aromatic heterocycles. The van der Waals surface area contributed by atoms with Crippen molar-refractivity contribution in [3.8, 4) is 11.3 Å². The molecule has 192 valence electrons. The van der Waals surface area contributed by atoms with Gasteiger partial charge in [0.2, 0.25) is 0 Å². The van der Waals surface area contributed by atoms with Crippen molar-refractivity contribution in [3.05, 3.63) is 66.1 Å². The molecule has 0 radical (unpaired) electrons. The average molecular weight is 518 g/mol. The molecule has 1 aliphatic heterocycles. The van der Waals surface area contributed by atoms with E-state index >= 15 is 0 Å². The highest BCUT2D eigenvalue weighted by molar-refractivity contribution is 6.35. The molecule has 1 aromatic carbocycles. The largest absolute Gasteiger partial charge is 0.408 e. The van der Waals surface area contributed by atoms with Gasteiger partial charge in [0.1, 0.15) is 6.54 Å². The second-order valence-electron chi connectivity index (χ2n) is 9.37. The Kier molecular flexibility index (Phi) is 7.64. The van der Waals surface area contributed by atoms with Gasteiger partial charge >= 0.3 is 6.18 Å². The number of fused-ring (bicyclic) bond motifs is 1. The third-order valence-electron chi connectivity index (χ3n) is 6.60. The quantitative estimate of drug-likeness (QED) is 0.322. The number of benzene rings is 1. The number of allylic oxidation sites excluding steroid dienone is 1. The summed E-state index contributed by atoms with van der Waals surface area (Å²) < 4.78 is 39.0. The van der Waals surface area contributed by atoms with Crippen LogP contribution in [0.25, 0.3) is 27.9 Å². The van der Waals surface area contributed by atoms with Crippen LogP contribution < -0.4 is 0 Å². The van der Waals surface area contributed by atoms with E-state index in [0.29, 0.717) is 27.8 Å². The van der Waals surface area contributed by atoms with Crippen molar-refractivity contribution in [2.75, 3.05) is 19.6 Å². The van der Waals surface area contributed by atoms with E-state index in [1.54, 1.807) is 6.07 Å². The summed E-state index contributed by atoms with van der Waals surface area (Å²) in [7, 11) is 0. The lowest BCUT2D eigenvalue weighted by atomic mass is 10.0. The Morgan fingerprint density at radius 2 is 1.97 bits per heavy atom. The smallest absolute Gasteiger partial charge is 0.369 e.